The van der Waals surface area contributed by atoms with Crippen molar-refractivity contribution in [3.63, 3.8) is 0 Å². The molecule has 6 nitrogen and oxygen atoms in total. The summed E-state index contributed by atoms with van der Waals surface area (Å²) >= 11 is 0. The van der Waals surface area contributed by atoms with Crippen molar-refractivity contribution in [1.29, 1.82) is 0 Å². The quantitative estimate of drug-likeness (QED) is 0.843. The molecule has 2 aliphatic rings. The molecule has 0 aliphatic carbocycles. The number of carbonyl (C=O) groups is 2. The molecule has 3 amide bonds. The molecule has 3 rings (SSSR count). The third-order valence-corrected chi connectivity index (χ3v) is 5.01. The predicted octanol–water partition coefficient (Wildman–Crippen LogP) is 1.83. The molecular formula is C20H26N4O2. The minimum absolute atomic E-state index is 0.124. The van der Waals surface area contributed by atoms with Gasteiger partial charge in [0.1, 0.15) is 0 Å². The molecule has 2 heterocycles. The Bertz CT molecular complexity index is 683. The van der Waals surface area contributed by atoms with E-state index >= 15 is 0 Å². The van der Waals surface area contributed by atoms with Crippen LogP contribution >= 0.6 is 0 Å². The lowest BCUT2D eigenvalue weighted by Gasteiger charge is -2.36. The van der Waals surface area contributed by atoms with Crippen LogP contribution in [-0.4, -0.2) is 72.5 Å². The van der Waals surface area contributed by atoms with Crippen LogP contribution in [0.4, 0.5) is 10.5 Å². The fourth-order valence-corrected chi connectivity index (χ4v) is 3.43. The highest BCUT2D eigenvalue weighted by atomic mass is 16.2. The normalized spacial score (nSPS) is 18.3. The van der Waals surface area contributed by atoms with Crippen LogP contribution in [0.2, 0.25) is 0 Å². The maximum Gasteiger partial charge on any atom is 0.321 e. The Hall–Kier alpha value is -2.52. The number of hydrogen-bond donors (Lipinski definition) is 1. The summed E-state index contributed by atoms with van der Waals surface area (Å²) in [6.07, 6.45) is 8.84. The van der Waals surface area contributed by atoms with Crippen LogP contribution in [0.5, 0.6) is 0 Å². The van der Waals surface area contributed by atoms with Crippen LogP contribution in [0, 0.1) is 12.3 Å². The van der Waals surface area contributed by atoms with Crippen molar-refractivity contribution < 1.29 is 9.59 Å². The van der Waals surface area contributed by atoms with Gasteiger partial charge >= 0.3 is 6.03 Å². The second-order valence-electron chi connectivity index (χ2n) is 6.86. The molecule has 1 N–H and O–H groups in total. The van der Waals surface area contributed by atoms with Gasteiger partial charge in [0.25, 0.3) is 0 Å². The fourth-order valence-electron chi connectivity index (χ4n) is 3.43. The van der Waals surface area contributed by atoms with E-state index < -0.39 is 0 Å². The van der Waals surface area contributed by atoms with Crippen molar-refractivity contribution in [2.75, 3.05) is 51.1 Å². The smallest absolute Gasteiger partial charge is 0.321 e. The number of likely N-dealkylation sites (tertiary alicyclic amines) is 1. The number of anilines is 1. The summed E-state index contributed by atoms with van der Waals surface area (Å²) in [4.78, 5) is 30.7. The minimum Gasteiger partial charge on any atom is -0.342 e. The molecule has 2 fully saturated rings. The zero-order valence-corrected chi connectivity index (χ0v) is 15.1. The number of nitrogens with one attached hydrogen (secondary N) is 1. The minimum atomic E-state index is -0.124. The molecule has 2 saturated heterocycles. The highest BCUT2D eigenvalue weighted by molar-refractivity contribution is 5.89. The second kappa shape index (κ2) is 8.72. The predicted molar refractivity (Wildman–Crippen MR) is 102 cm³/mol. The number of terminal acetylenes is 1. The largest absolute Gasteiger partial charge is 0.342 e. The summed E-state index contributed by atoms with van der Waals surface area (Å²) < 4.78 is 0. The van der Waals surface area contributed by atoms with Crippen LogP contribution in [0.15, 0.2) is 24.3 Å². The van der Waals surface area contributed by atoms with Crippen LogP contribution in [-0.2, 0) is 4.79 Å². The first kappa shape index (κ1) is 18.3. The number of rotatable bonds is 3. The van der Waals surface area contributed by atoms with Gasteiger partial charge < -0.3 is 15.1 Å². The van der Waals surface area contributed by atoms with E-state index in [1.54, 1.807) is 11.0 Å². The van der Waals surface area contributed by atoms with E-state index in [4.69, 9.17) is 6.42 Å². The molecule has 0 unspecified atom stereocenters. The van der Waals surface area contributed by atoms with E-state index in [2.05, 4.69) is 16.1 Å². The van der Waals surface area contributed by atoms with E-state index in [0.717, 1.165) is 44.6 Å². The highest BCUT2D eigenvalue weighted by Gasteiger charge is 2.24. The van der Waals surface area contributed by atoms with E-state index in [1.165, 1.54) is 6.42 Å². The Kier molecular flexibility index (Phi) is 6.13. The Morgan fingerprint density at radius 2 is 1.73 bits per heavy atom. The molecule has 0 bridgehead atoms. The topological polar surface area (TPSA) is 55.9 Å². The maximum atomic E-state index is 12.4. The molecule has 138 valence electrons. The molecule has 0 atom stereocenters. The summed E-state index contributed by atoms with van der Waals surface area (Å²) in [7, 11) is 0. The molecule has 1 aromatic carbocycles. The number of piperidine rings is 1. The molecule has 26 heavy (non-hydrogen) atoms. The van der Waals surface area contributed by atoms with Gasteiger partial charge in [-0.25, -0.2) is 4.79 Å². The van der Waals surface area contributed by atoms with Gasteiger partial charge in [0.2, 0.25) is 5.91 Å². The van der Waals surface area contributed by atoms with E-state index in [0.29, 0.717) is 25.3 Å². The molecule has 2 aliphatic heterocycles. The number of benzene rings is 1. The lowest BCUT2D eigenvalue weighted by molar-refractivity contribution is -0.133. The van der Waals surface area contributed by atoms with Gasteiger partial charge in [-0.3, -0.25) is 9.69 Å². The molecule has 0 radical (unpaired) electrons. The van der Waals surface area contributed by atoms with Gasteiger partial charge in [-0.2, -0.15) is 0 Å². The van der Waals surface area contributed by atoms with Crippen molar-refractivity contribution in [2.24, 2.45) is 0 Å². The monoisotopic (exact) mass is 354 g/mol. The first-order valence-electron chi connectivity index (χ1n) is 9.28. The Morgan fingerprint density at radius 1 is 1.00 bits per heavy atom. The first-order chi connectivity index (χ1) is 12.7. The SMILES string of the molecule is C#Cc1cccc(NC(=O)N2CCN(CC(=O)N3CCCCC3)CC2)c1. The highest BCUT2D eigenvalue weighted by Crippen LogP contribution is 2.13. The summed E-state index contributed by atoms with van der Waals surface area (Å²) in [5.74, 6) is 2.78. The molecule has 6 heteroatoms. The van der Waals surface area contributed by atoms with Crippen molar-refractivity contribution in [3.8, 4) is 12.3 Å². The third-order valence-electron chi connectivity index (χ3n) is 5.01. The number of hydrogen-bond acceptors (Lipinski definition) is 3. The molecule has 0 saturated carbocycles. The van der Waals surface area contributed by atoms with Crippen LogP contribution < -0.4 is 5.32 Å². The average molecular weight is 354 g/mol. The lowest BCUT2D eigenvalue weighted by Crippen LogP contribution is -2.52. The third kappa shape index (κ3) is 4.77. The first-order valence-corrected chi connectivity index (χ1v) is 9.28. The Labute approximate surface area is 155 Å². The molecule has 0 spiro atoms. The summed E-state index contributed by atoms with van der Waals surface area (Å²) in [6.45, 7) is 4.91. The van der Waals surface area contributed by atoms with Crippen molar-refractivity contribution in [1.82, 2.24) is 14.7 Å². The van der Waals surface area contributed by atoms with Gasteiger partial charge in [0.05, 0.1) is 6.54 Å². The van der Waals surface area contributed by atoms with Crippen molar-refractivity contribution >= 4 is 17.6 Å². The lowest BCUT2D eigenvalue weighted by atomic mass is 10.1. The van der Waals surface area contributed by atoms with E-state index in [9.17, 15) is 9.59 Å². The average Bonchev–Trinajstić information content (AvgIpc) is 2.69. The Balaban J connectivity index is 1.44. The van der Waals surface area contributed by atoms with Crippen molar-refractivity contribution in [2.45, 2.75) is 19.3 Å². The van der Waals surface area contributed by atoms with Crippen LogP contribution in [0.1, 0.15) is 24.8 Å². The molecule has 1 aromatic rings. The van der Waals surface area contributed by atoms with Gasteiger partial charge in [-0.1, -0.05) is 12.0 Å². The number of nitrogens with zero attached hydrogens (tertiary/aromatic N) is 3. The van der Waals surface area contributed by atoms with E-state index in [1.807, 2.05) is 23.1 Å². The summed E-state index contributed by atoms with van der Waals surface area (Å²) in [6, 6.07) is 7.14. The Morgan fingerprint density at radius 3 is 2.42 bits per heavy atom. The van der Waals surface area contributed by atoms with Gasteiger partial charge in [0, 0.05) is 50.5 Å². The maximum absolute atomic E-state index is 12.4. The standard InChI is InChI=1S/C20H26N4O2/c1-2-17-7-6-8-18(15-17)21-20(26)24-13-11-22(12-14-24)16-19(25)23-9-4-3-5-10-23/h1,6-8,15H,3-5,9-14,16H2,(H,21,26). The molecular weight excluding hydrogens is 328 g/mol. The second-order valence-corrected chi connectivity index (χ2v) is 6.86. The summed E-state index contributed by atoms with van der Waals surface area (Å²) in [5, 5.41) is 2.89. The molecule has 0 aromatic heterocycles. The zero-order chi connectivity index (χ0) is 18.4. The summed E-state index contributed by atoms with van der Waals surface area (Å²) in [5.41, 5.74) is 1.44. The van der Waals surface area contributed by atoms with Gasteiger partial charge in [0.15, 0.2) is 0 Å². The van der Waals surface area contributed by atoms with Crippen molar-refractivity contribution in [3.05, 3.63) is 29.8 Å². The van der Waals surface area contributed by atoms with Crippen LogP contribution in [0.25, 0.3) is 0 Å². The zero-order valence-electron chi connectivity index (χ0n) is 15.1. The number of amides is 3. The fraction of sp³-hybridized carbons (Fsp3) is 0.500. The van der Waals surface area contributed by atoms with E-state index in [-0.39, 0.29) is 11.9 Å². The van der Waals surface area contributed by atoms with Gasteiger partial charge in [-0.05, 0) is 37.5 Å². The van der Waals surface area contributed by atoms with Gasteiger partial charge in [-0.15, -0.1) is 6.42 Å². The number of carbonyl (C=O) groups excluding carboxylic acids is 2. The number of piperazine rings is 1. The van der Waals surface area contributed by atoms with Crippen LogP contribution in [0.3, 0.4) is 0 Å². The number of urea groups is 1.